The second-order valence-electron chi connectivity index (χ2n) is 8.50. The first-order valence-electron chi connectivity index (χ1n) is 11.2. The Morgan fingerprint density at radius 2 is 1.75 bits per heavy atom. The van der Waals surface area contributed by atoms with Crippen molar-refractivity contribution in [1.29, 1.82) is 0 Å². The Bertz CT molecular complexity index is 1030. The summed E-state index contributed by atoms with van der Waals surface area (Å²) >= 11 is 0. The van der Waals surface area contributed by atoms with E-state index in [1.807, 2.05) is 31.2 Å². The van der Waals surface area contributed by atoms with Crippen molar-refractivity contribution in [3.63, 3.8) is 0 Å². The van der Waals surface area contributed by atoms with E-state index in [9.17, 15) is 10.0 Å². The van der Waals surface area contributed by atoms with Gasteiger partial charge in [-0.2, -0.15) is 0 Å². The third kappa shape index (κ3) is 5.67. The number of hydrogen-bond acceptors (Lipinski definition) is 6. The zero-order valence-corrected chi connectivity index (χ0v) is 18.7. The molecular formula is C25H30BNO5. The molecule has 1 aromatic heterocycles. The topological polar surface area (TPSA) is 85.0 Å². The van der Waals surface area contributed by atoms with Crippen molar-refractivity contribution < 1.29 is 23.9 Å². The summed E-state index contributed by atoms with van der Waals surface area (Å²) in [4.78, 5) is 4.66. The standard InChI is InChI=1S/C25H30BNO5/c1-17-7-5-9-19(13-17)25-27-24(18(2)32-25)16-31-22-11-6-10-21(14-22)30-15-20-8-3-4-12-23(20)26(28)29/h3-5,7-9,12-13,21-22,28-29H,6,10-11,14-16H2,1-2H3/t21-,22+/m1/s1. The molecule has 1 saturated carbocycles. The van der Waals surface area contributed by atoms with Crippen LogP contribution in [0.15, 0.2) is 52.9 Å². The van der Waals surface area contributed by atoms with E-state index in [1.54, 1.807) is 12.1 Å². The maximum Gasteiger partial charge on any atom is 0.488 e. The number of aryl methyl sites for hydroxylation is 2. The van der Waals surface area contributed by atoms with E-state index >= 15 is 0 Å². The average molecular weight is 435 g/mol. The predicted molar refractivity (Wildman–Crippen MR) is 123 cm³/mol. The van der Waals surface area contributed by atoms with Crippen LogP contribution in [0.2, 0.25) is 0 Å². The van der Waals surface area contributed by atoms with Crippen LogP contribution in [0.5, 0.6) is 0 Å². The van der Waals surface area contributed by atoms with Gasteiger partial charge in [-0.1, -0.05) is 42.0 Å². The second-order valence-corrected chi connectivity index (χ2v) is 8.50. The summed E-state index contributed by atoms with van der Waals surface area (Å²) in [6.07, 6.45) is 4.00. The Morgan fingerprint density at radius 3 is 2.50 bits per heavy atom. The molecule has 0 spiro atoms. The van der Waals surface area contributed by atoms with Crippen molar-refractivity contribution in [2.45, 2.75) is 65.0 Å². The van der Waals surface area contributed by atoms with E-state index in [0.717, 1.165) is 48.3 Å². The van der Waals surface area contributed by atoms with Gasteiger partial charge in [0.15, 0.2) is 0 Å². The lowest BCUT2D eigenvalue weighted by atomic mass is 9.77. The summed E-state index contributed by atoms with van der Waals surface area (Å²) in [5.74, 6) is 1.41. The van der Waals surface area contributed by atoms with E-state index in [0.29, 0.717) is 24.6 Å². The number of rotatable bonds is 8. The number of nitrogens with zero attached hydrogens (tertiary/aromatic N) is 1. The average Bonchev–Trinajstić information content (AvgIpc) is 3.17. The van der Waals surface area contributed by atoms with Crippen LogP contribution in [0.25, 0.3) is 11.5 Å². The van der Waals surface area contributed by atoms with E-state index in [2.05, 4.69) is 24.0 Å². The fourth-order valence-electron chi connectivity index (χ4n) is 4.19. The molecule has 1 heterocycles. The van der Waals surface area contributed by atoms with Crippen LogP contribution < -0.4 is 5.46 Å². The van der Waals surface area contributed by atoms with Gasteiger partial charge in [-0.3, -0.25) is 0 Å². The smallest absolute Gasteiger partial charge is 0.441 e. The van der Waals surface area contributed by atoms with Crippen LogP contribution in [-0.2, 0) is 22.7 Å². The first-order chi connectivity index (χ1) is 15.5. The lowest BCUT2D eigenvalue weighted by Gasteiger charge is -2.29. The van der Waals surface area contributed by atoms with Crippen molar-refractivity contribution in [3.05, 3.63) is 71.1 Å². The molecule has 0 amide bonds. The molecule has 1 fully saturated rings. The van der Waals surface area contributed by atoms with Crippen molar-refractivity contribution in [1.82, 2.24) is 4.98 Å². The van der Waals surface area contributed by atoms with Crippen LogP contribution in [0.1, 0.15) is 48.3 Å². The molecule has 168 valence electrons. The molecule has 0 saturated heterocycles. The van der Waals surface area contributed by atoms with Crippen molar-refractivity contribution in [2.24, 2.45) is 0 Å². The van der Waals surface area contributed by atoms with Crippen LogP contribution in [0, 0.1) is 13.8 Å². The zero-order valence-electron chi connectivity index (χ0n) is 18.7. The molecule has 32 heavy (non-hydrogen) atoms. The molecule has 0 radical (unpaired) electrons. The minimum atomic E-state index is -1.49. The number of aromatic nitrogens is 1. The Morgan fingerprint density at radius 1 is 1.00 bits per heavy atom. The van der Waals surface area contributed by atoms with Gasteiger partial charge in [0.1, 0.15) is 11.5 Å². The number of benzene rings is 2. The van der Waals surface area contributed by atoms with Crippen LogP contribution >= 0.6 is 0 Å². The minimum Gasteiger partial charge on any atom is -0.441 e. The summed E-state index contributed by atoms with van der Waals surface area (Å²) in [7, 11) is -1.49. The first-order valence-corrected chi connectivity index (χ1v) is 11.2. The van der Waals surface area contributed by atoms with Gasteiger partial charge >= 0.3 is 7.12 Å². The highest BCUT2D eigenvalue weighted by molar-refractivity contribution is 6.59. The predicted octanol–water partition coefficient (Wildman–Crippen LogP) is 3.68. The Hall–Kier alpha value is -2.45. The molecule has 1 aliphatic rings. The van der Waals surface area contributed by atoms with Crippen LogP contribution in [0.4, 0.5) is 0 Å². The SMILES string of the molecule is Cc1cccc(-c2nc(CO[C@H]3CCC[C@@H](OCc4ccccc4B(O)O)C3)c(C)o2)c1. The quantitative estimate of drug-likeness (QED) is 0.525. The zero-order chi connectivity index (χ0) is 22.5. The van der Waals surface area contributed by atoms with Gasteiger partial charge in [0, 0.05) is 5.56 Å². The molecule has 1 aliphatic carbocycles. The summed E-state index contributed by atoms with van der Waals surface area (Å²) in [5, 5.41) is 19.1. The van der Waals surface area contributed by atoms with Gasteiger partial charge in [0.2, 0.25) is 5.89 Å². The maximum atomic E-state index is 9.54. The van der Waals surface area contributed by atoms with Gasteiger partial charge in [-0.15, -0.1) is 0 Å². The Labute approximate surface area is 189 Å². The number of oxazole rings is 1. The van der Waals surface area contributed by atoms with Crippen LogP contribution in [-0.4, -0.2) is 34.4 Å². The summed E-state index contributed by atoms with van der Waals surface area (Å²) in [6.45, 7) is 4.74. The molecule has 7 heteroatoms. The van der Waals surface area contributed by atoms with Gasteiger partial charge < -0.3 is 23.9 Å². The van der Waals surface area contributed by atoms with Crippen LogP contribution in [0.3, 0.4) is 0 Å². The third-order valence-electron chi connectivity index (χ3n) is 6.00. The molecule has 0 unspecified atom stereocenters. The lowest BCUT2D eigenvalue weighted by molar-refractivity contribution is -0.0561. The van der Waals surface area contributed by atoms with E-state index in [1.165, 1.54) is 5.56 Å². The highest BCUT2D eigenvalue weighted by atomic mass is 16.5. The first kappa shape index (κ1) is 22.7. The third-order valence-corrected chi connectivity index (χ3v) is 6.00. The molecule has 2 atom stereocenters. The number of hydrogen-bond donors (Lipinski definition) is 2. The van der Waals surface area contributed by atoms with Gasteiger partial charge in [0.25, 0.3) is 0 Å². The van der Waals surface area contributed by atoms with Gasteiger partial charge in [0.05, 0.1) is 25.4 Å². The van der Waals surface area contributed by atoms with Gasteiger partial charge in [-0.05, 0) is 62.7 Å². The molecule has 6 nitrogen and oxygen atoms in total. The molecule has 3 aromatic rings. The number of ether oxygens (including phenoxy) is 2. The maximum absolute atomic E-state index is 9.54. The van der Waals surface area contributed by atoms with E-state index < -0.39 is 7.12 Å². The lowest BCUT2D eigenvalue weighted by Crippen LogP contribution is -2.34. The fraction of sp³-hybridized carbons (Fsp3) is 0.400. The monoisotopic (exact) mass is 435 g/mol. The van der Waals surface area contributed by atoms with E-state index in [-0.39, 0.29) is 12.2 Å². The molecule has 2 aromatic carbocycles. The summed E-state index contributed by atoms with van der Waals surface area (Å²) in [6, 6.07) is 15.4. The van der Waals surface area contributed by atoms with Crippen molar-refractivity contribution >= 4 is 12.6 Å². The largest absolute Gasteiger partial charge is 0.488 e. The minimum absolute atomic E-state index is 0.0823. The molecule has 0 bridgehead atoms. The van der Waals surface area contributed by atoms with E-state index in [4.69, 9.17) is 13.9 Å². The normalized spacial score (nSPS) is 18.6. The highest BCUT2D eigenvalue weighted by Crippen LogP contribution is 2.27. The molecular weight excluding hydrogens is 405 g/mol. The van der Waals surface area contributed by atoms with Gasteiger partial charge in [-0.25, -0.2) is 4.98 Å². The summed E-state index contributed by atoms with van der Waals surface area (Å²) < 4.78 is 18.2. The Kier molecular flexibility index (Phi) is 7.42. The Balaban J connectivity index is 1.31. The molecule has 0 aliphatic heterocycles. The fourth-order valence-corrected chi connectivity index (χ4v) is 4.19. The summed E-state index contributed by atoms with van der Waals surface area (Å²) in [5.41, 5.74) is 4.25. The van der Waals surface area contributed by atoms with Crippen molar-refractivity contribution in [2.75, 3.05) is 0 Å². The molecule has 4 rings (SSSR count). The highest BCUT2D eigenvalue weighted by Gasteiger charge is 2.25. The van der Waals surface area contributed by atoms with Crippen molar-refractivity contribution in [3.8, 4) is 11.5 Å². The second kappa shape index (κ2) is 10.4. The molecule has 2 N–H and O–H groups in total.